The third kappa shape index (κ3) is 6.08. The molecule has 4 nitrogen and oxygen atoms in total. The molecule has 1 atom stereocenters. The molecule has 1 fully saturated rings. The lowest BCUT2D eigenvalue weighted by atomic mass is 10.2. The zero-order valence-corrected chi connectivity index (χ0v) is 10.7. The highest BCUT2D eigenvalue weighted by Gasteiger charge is 2.20. The van der Waals surface area contributed by atoms with Gasteiger partial charge in [-0.15, -0.1) is 0 Å². The Hall–Kier alpha value is -0.610. The van der Waals surface area contributed by atoms with Crippen molar-refractivity contribution in [3.05, 3.63) is 0 Å². The highest BCUT2D eigenvalue weighted by atomic mass is 16.5. The third-order valence-corrected chi connectivity index (χ3v) is 2.77. The quantitative estimate of drug-likeness (QED) is 0.627. The summed E-state index contributed by atoms with van der Waals surface area (Å²) in [6.45, 7) is 4.51. The molecule has 1 N–H and O–H groups in total. The van der Waals surface area contributed by atoms with Gasteiger partial charge in [-0.2, -0.15) is 0 Å². The van der Waals surface area contributed by atoms with E-state index in [1.54, 1.807) is 19.0 Å². The maximum atomic E-state index is 11.4. The summed E-state index contributed by atoms with van der Waals surface area (Å²) in [6, 6.07) is 0.222. The van der Waals surface area contributed by atoms with Crippen molar-refractivity contribution in [2.24, 2.45) is 5.92 Å². The van der Waals surface area contributed by atoms with Gasteiger partial charge in [0.05, 0.1) is 6.61 Å². The zero-order valence-electron chi connectivity index (χ0n) is 10.7. The Balaban J connectivity index is 1.92. The van der Waals surface area contributed by atoms with Crippen molar-refractivity contribution >= 4 is 5.91 Å². The van der Waals surface area contributed by atoms with Crippen LogP contribution in [0.4, 0.5) is 0 Å². The fraction of sp³-hybridized carbons (Fsp3) is 0.917. The van der Waals surface area contributed by atoms with E-state index < -0.39 is 0 Å². The van der Waals surface area contributed by atoms with Gasteiger partial charge in [0.2, 0.25) is 5.91 Å². The van der Waals surface area contributed by atoms with E-state index in [4.69, 9.17) is 4.74 Å². The van der Waals surface area contributed by atoms with Crippen LogP contribution >= 0.6 is 0 Å². The molecule has 0 radical (unpaired) electrons. The van der Waals surface area contributed by atoms with Crippen LogP contribution in [-0.4, -0.2) is 50.7 Å². The molecular formula is C12H24N2O2. The van der Waals surface area contributed by atoms with Crippen molar-refractivity contribution in [2.45, 2.75) is 32.2 Å². The number of nitrogens with zero attached hydrogens (tertiary/aromatic N) is 1. The molecule has 4 heteroatoms. The Labute approximate surface area is 98.3 Å². The first-order chi connectivity index (χ1) is 7.59. The zero-order chi connectivity index (χ0) is 12.0. The van der Waals surface area contributed by atoms with Gasteiger partial charge in [-0.25, -0.2) is 0 Å². The maximum Gasteiger partial charge on any atom is 0.223 e. The molecule has 94 valence electrons. The number of rotatable bonds is 8. The van der Waals surface area contributed by atoms with E-state index in [1.165, 1.54) is 12.8 Å². The Kier molecular flexibility index (Phi) is 5.77. The Morgan fingerprint density at radius 1 is 1.50 bits per heavy atom. The van der Waals surface area contributed by atoms with Crippen molar-refractivity contribution in [1.82, 2.24) is 10.2 Å². The summed E-state index contributed by atoms with van der Waals surface area (Å²) in [5.41, 5.74) is 0. The number of carbonyl (C=O) groups is 1. The van der Waals surface area contributed by atoms with Crippen LogP contribution in [0.5, 0.6) is 0 Å². The van der Waals surface area contributed by atoms with E-state index in [-0.39, 0.29) is 11.9 Å². The molecule has 1 rings (SSSR count). The van der Waals surface area contributed by atoms with Gasteiger partial charge in [-0.3, -0.25) is 4.79 Å². The van der Waals surface area contributed by atoms with Crippen molar-refractivity contribution in [3.63, 3.8) is 0 Å². The van der Waals surface area contributed by atoms with Crippen molar-refractivity contribution in [2.75, 3.05) is 33.9 Å². The lowest BCUT2D eigenvalue weighted by Gasteiger charge is -2.16. The van der Waals surface area contributed by atoms with Crippen molar-refractivity contribution < 1.29 is 9.53 Å². The molecule has 1 unspecified atom stereocenters. The van der Waals surface area contributed by atoms with Gasteiger partial charge < -0.3 is 15.0 Å². The van der Waals surface area contributed by atoms with Gasteiger partial charge in [0.1, 0.15) is 0 Å². The minimum atomic E-state index is 0.166. The number of nitrogens with one attached hydrogen (secondary N) is 1. The van der Waals surface area contributed by atoms with Gasteiger partial charge >= 0.3 is 0 Å². The fourth-order valence-electron chi connectivity index (χ4n) is 1.43. The average Bonchev–Trinajstić information content (AvgIpc) is 3.00. The predicted molar refractivity (Wildman–Crippen MR) is 64.3 cm³/mol. The molecule has 0 aromatic rings. The average molecular weight is 228 g/mol. The van der Waals surface area contributed by atoms with Gasteiger partial charge in [0.25, 0.3) is 0 Å². The van der Waals surface area contributed by atoms with Gasteiger partial charge in [0.15, 0.2) is 0 Å². The number of carbonyl (C=O) groups excluding carboxylic acids is 1. The molecule has 0 aliphatic heterocycles. The molecule has 0 spiro atoms. The molecule has 1 saturated carbocycles. The van der Waals surface area contributed by atoms with Crippen LogP contribution in [0.15, 0.2) is 0 Å². The topological polar surface area (TPSA) is 41.6 Å². The third-order valence-electron chi connectivity index (χ3n) is 2.77. The molecule has 1 amide bonds. The number of hydrogen-bond acceptors (Lipinski definition) is 3. The van der Waals surface area contributed by atoms with E-state index >= 15 is 0 Å². The maximum absolute atomic E-state index is 11.4. The molecule has 0 saturated heterocycles. The predicted octanol–water partition coefficient (Wildman–Crippen LogP) is 0.869. The first kappa shape index (κ1) is 13.5. The molecule has 16 heavy (non-hydrogen) atoms. The standard InChI is InChI=1S/C12H24N2O2/c1-10(8-12(15)14(2)3)13-6-7-16-9-11-4-5-11/h10-11,13H,4-9H2,1-3H3. The van der Waals surface area contributed by atoms with Crippen LogP contribution in [0.25, 0.3) is 0 Å². The minimum absolute atomic E-state index is 0.166. The van der Waals surface area contributed by atoms with Gasteiger partial charge in [0, 0.05) is 39.7 Å². The molecule has 1 aliphatic rings. The van der Waals surface area contributed by atoms with E-state index in [9.17, 15) is 4.79 Å². The smallest absolute Gasteiger partial charge is 0.223 e. The Morgan fingerprint density at radius 2 is 2.19 bits per heavy atom. The lowest BCUT2D eigenvalue weighted by molar-refractivity contribution is -0.129. The van der Waals surface area contributed by atoms with Crippen LogP contribution in [0, 0.1) is 5.92 Å². The Bertz CT molecular complexity index is 215. The fourth-order valence-corrected chi connectivity index (χ4v) is 1.43. The van der Waals surface area contributed by atoms with Crippen LogP contribution in [0.1, 0.15) is 26.2 Å². The summed E-state index contributed by atoms with van der Waals surface area (Å²) >= 11 is 0. The first-order valence-corrected chi connectivity index (χ1v) is 6.11. The molecule has 0 aromatic heterocycles. The second-order valence-electron chi connectivity index (χ2n) is 4.87. The monoisotopic (exact) mass is 228 g/mol. The van der Waals surface area contributed by atoms with E-state index in [1.807, 2.05) is 6.92 Å². The van der Waals surface area contributed by atoms with E-state index in [0.717, 1.165) is 25.7 Å². The summed E-state index contributed by atoms with van der Waals surface area (Å²) in [6.07, 6.45) is 3.22. The normalized spacial score (nSPS) is 17.2. The highest BCUT2D eigenvalue weighted by molar-refractivity contribution is 5.76. The van der Waals surface area contributed by atoms with Crippen molar-refractivity contribution in [3.8, 4) is 0 Å². The van der Waals surface area contributed by atoms with Crippen LogP contribution < -0.4 is 5.32 Å². The van der Waals surface area contributed by atoms with E-state index in [0.29, 0.717) is 6.42 Å². The molecule has 1 aliphatic carbocycles. The lowest BCUT2D eigenvalue weighted by Crippen LogP contribution is -2.35. The summed E-state index contributed by atoms with van der Waals surface area (Å²) in [7, 11) is 3.57. The molecular weight excluding hydrogens is 204 g/mol. The minimum Gasteiger partial charge on any atom is -0.380 e. The molecule has 0 bridgehead atoms. The SMILES string of the molecule is CC(CC(=O)N(C)C)NCCOCC1CC1. The second kappa shape index (κ2) is 6.86. The Morgan fingerprint density at radius 3 is 2.75 bits per heavy atom. The van der Waals surface area contributed by atoms with Crippen LogP contribution in [0.3, 0.4) is 0 Å². The van der Waals surface area contributed by atoms with E-state index in [2.05, 4.69) is 5.32 Å². The highest BCUT2D eigenvalue weighted by Crippen LogP contribution is 2.28. The summed E-state index contributed by atoms with van der Waals surface area (Å²) in [5.74, 6) is 0.992. The van der Waals surface area contributed by atoms with Crippen LogP contribution in [0.2, 0.25) is 0 Å². The number of hydrogen-bond donors (Lipinski definition) is 1. The number of ether oxygens (including phenoxy) is 1. The van der Waals surface area contributed by atoms with Crippen molar-refractivity contribution in [1.29, 1.82) is 0 Å². The first-order valence-electron chi connectivity index (χ1n) is 6.11. The summed E-state index contributed by atoms with van der Waals surface area (Å²) < 4.78 is 5.50. The summed E-state index contributed by atoms with van der Waals surface area (Å²) in [5, 5.41) is 3.29. The second-order valence-corrected chi connectivity index (χ2v) is 4.87. The largest absolute Gasteiger partial charge is 0.380 e. The van der Waals surface area contributed by atoms with Crippen LogP contribution in [-0.2, 0) is 9.53 Å². The molecule has 0 heterocycles. The number of amides is 1. The van der Waals surface area contributed by atoms with Gasteiger partial charge in [-0.1, -0.05) is 0 Å². The summed E-state index contributed by atoms with van der Waals surface area (Å²) in [4.78, 5) is 13.0. The van der Waals surface area contributed by atoms with Gasteiger partial charge in [-0.05, 0) is 25.7 Å². The molecule has 0 aromatic carbocycles.